The van der Waals surface area contributed by atoms with E-state index >= 15 is 26.3 Å². The van der Waals surface area contributed by atoms with E-state index in [2.05, 4.69) is 15.0 Å². The van der Waals surface area contributed by atoms with E-state index in [9.17, 15) is 65.9 Å². The molecule has 0 aliphatic carbocycles. The summed E-state index contributed by atoms with van der Waals surface area (Å²) in [5.74, 6) is -30.6. The standard InChI is InChI=1S/C60H18F21N3O3/c61-40-34(41(62)47(68)37(46(40)67)58(73,74)75)19-1-4-31-28(16-19)52-55(85-31)25(7-10-82-52)22-13-23(26-8-11-83-53-29-17-20(2-5-32(29)86-56(26)53)35-42(63)48(69)38(59(76,77)78)49(70)43(35)64)15-24(14-22)27-9-12-84-54-30-18-21(3-6-33(30)87-57(27)54)36-44(65)50(71)39(60(79,80)81)51(72)45(36)66/h1-18H. The second-order valence-electron chi connectivity index (χ2n) is 19.4. The van der Waals surface area contributed by atoms with Gasteiger partial charge in [0.1, 0.15) is 50.0 Å². The van der Waals surface area contributed by atoms with Gasteiger partial charge in [0, 0.05) is 51.4 Å². The lowest BCUT2D eigenvalue weighted by Gasteiger charge is -2.14. The molecule has 0 saturated carbocycles. The molecule has 6 heterocycles. The Labute approximate surface area is 466 Å². The predicted molar refractivity (Wildman–Crippen MR) is 269 cm³/mol. The Morgan fingerprint density at radius 2 is 0.494 bits per heavy atom. The highest BCUT2D eigenvalue weighted by molar-refractivity contribution is 6.12. The number of fused-ring (bicyclic) bond motifs is 9. The van der Waals surface area contributed by atoms with E-state index in [1.807, 2.05) is 0 Å². The molecule has 0 spiro atoms. The van der Waals surface area contributed by atoms with Gasteiger partial charge in [-0.15, -0.1) is 0 Å². The van der Waals surface area contributed by atoms with Crippen LogP contribution in [0.3, 0.4) is 0 Å². The van der Waals surface area contributed by atoms with Gasteiger partial charge in [-0.2, -0.15) is 39.5 Å². The zero-order chi connectivity index (χ0) is 62.0. The van der Waals surface area contributed by atoms with Gasteiger partial charge in [0.05, 0.1) is 16.7 Å². The van der Waals surface area contributed by atoms with Gasteiger partial charge in [0.25, 0.3) is 0 Å². The Morgan fingerprint density at radius 1 is 0.264 bits per heavy atom. The third kappa shape index (κ3) is 8.50. The fourth-order valence-corrected chi connectivity index (χ4v) is 10.6. The molecule has 0 aliphatic rings. The van der Waals surface area contributed by atoms with Crippen LogP contribution in [0.2, 0.25) is 0 Å². The number of halogens is 21. The molecule has 27 heteroatoms. The van der Waals surface area contributed by atoms with E-state index in [-0.39, 0.29) is 99.6 Å². The van der Waals surface area contributed by atoms with Crippen molar-refractivity contribution in [1.29, 1.82) is 0 Å². The van der Waals surface area contributed by atoms with Gasteiger partial charge in [0.15, 0.2) is 86.6 Å². The highest BCUT2D eigenvalue weighted by Crippen LogP contribution is 2.48. The number of nitrogens with zero attached hydrogens (tertiary/aromatic N) is 3. The van der Waals surface area contributed by atoms with Crippen molar-refractivity contribution in [3.63, 3.8) is 0 Å². The Hall–Kier alpha value is -10.1. The lowest BCUT2D eigenvalue weighted by molar-refractivity contribution is -0.144. The number of benzene rings is 7. The van der Waals surface area contributed by atoms with E-state index in [1.165, 1.54) is 55.0 Å². The topological polar surface area (TPSA) is 78.1 Å². The van der Waals surface area contributed by atoms with Crippen molar-refractivity contribution >= 4 is 66.2 Å². The molecule has 6 nitrogen and oxygen atoms in total. The summed E-state index contributed by atoms with van der Waals surface area (Å²) >= 11 is 0. The van der Waals surface area contributed by atoms with Crippen molar-refractivity contribution in [3.8, 4) is 66.8 Å². The molecule has 0 amide bonds. The molecule has 13 aromatic rings. The van der Waals surface area contributed by atoms with Crippen molar-refractivity contribution in [2.75, 3.05) is 0 Å². The third-order valence-electron chi connectivity index (χ3n) is 14.4. The van der Waals surface area contributed by atoms with Crippen LogP contribution in [0.15, 0.2) is 123 Å². The quantitative estimate of drug-likeness (QED) is 0.122. The average molecular weight is 1230 g/mol. The van der Waals surface area contributed by atoms with Crippen LogP contribution in [0.25, 0.3) is 133 Å². The maximum absolute atomic E-state index is 15.4. The molecule has 0 radical (unpaired) electrons. The van der Waals surface area contributed by atoms with Gasteiger partial charge in [-0.25, -0.2) is 52.7 Å². The van der Waals surface area contributed by atoms with Crippen LogP contribution in [0.1, 0.15) is 16.7 Å². The van der Waals surface area contributed by atoms with Crippen molar-refractivity contribution in [1.82, 2.24) is 15.0 Å². The fraction of sp³-hybridized carbons (Fsp3) is 0.0500. The maximum Gasteiger partial charge on any atom is 0.422 e. The molecular formula is C60H18F21N3O3. The van der Waals surface area contributed by atoms with Gasteiger partial charge in [-0.1, -0.05) is 18.2 Å². The number of hydrogen-bond donors (Lipinski definition) is 0. The second kappa shape index (κ2) is 19.2. The first kappa shape index (κ1) is 56.1. The Bertz CT molecular complexity index is 4570. The summed E-state index contributed by atoms with van der Waals surface area (Å²) in [6, 6.07) is 17.5. The number of rotatable bonds is 6. The minimum atomic E-state index is -5.85. The van der Waals surface area contributed by atoms with Crippen molar-refractivity contribution in [3.05, 3.63) is 196 Å². The fourth-order valence-electron chi connectivity index (χ4n) is 10.6. The molecule has 0 fully saturated rings. The number of hydrogen-bond acceptors (Lipinski definition) is 6. The Morgan fingerprint density at radius 3 is 0.713 bits per heavy atom. The van der Waals surface area contributed by atoms with Crippen LogP contribution >= 0.6 is 0 Å². The van der Waals surface area contributed by atoms with E-state index in [0.717, 1.165) is 54.6 Å². The highest BCUT2D eigenvalue weighted by atomic mass is 19.4. The Kier molecular flexibility index (Phi) is 12.4. The van der Waals surface area contributed by atoms with Crippen molar-refractivity contribution in [2.45, 2.75) is 18.5 Å². The molecule has 0 atom stereocenters. The van der Waals surface area contributed by atoms with Crippen LogP contribution < -0.4 is 0 Å². The molecule has 13 rings (SSSR count). The Balaban J connectivity index is 1.01. The van der Waals surface area contributed by atoms with Crippen LogP contribution in [0.4, 0.5) is 92.2 Å². The van der Waals surface area contributed by atoms with Gasteiger partial charge >= 0.3 is 18.5 Å². The van der Waals surface area contributed by atoms with Crippen LogP contribution in [0.5, 0.6) is 0 Å². The molecular weight excluding hydrogens is 1210 g/mol. The number of aromatic nitrogens is 3. The summed E-state index contributed by atoms with van der Waals surface area (Å²) in [5, 5.41) is -0.296. The molecule has 0 saturated heterocycles. The summed E-state index contributed by atoms with van der Waals surface area (Å²) in [7, 11) is 0. The van der Waals surface area contributed by atoms with Crippen LogP contribution in [-0.2, 0) is 18.5 Å². The SMILES string of the molecule is Fc1c(F)c(C(F)(F)F)c(F)c(F)c1-c1ccc2oc3c(-c4cc(-c5ccnc6c5oc5ccc(-c7c(F)c(F)c(C(F)(F)F)c(F)c7F)cc56)cc(-c5ccnc6c5oc5ccc(-c7c(F)c(F)c(C(F)(F)F)c(F)c7F)cc56)c4)ccnc3c2c1. The van der Waals surface area contributed by atoms with E-state index in [0.29, 0.717) is 0 Å². The normalized spacial score (nSPS) is 12.7. The molecule has 438 valence electrons. The van der Waals surface area contributed by atoms with Crippen molar-refractivity contribution < 1.29 is 105 Å². The van der Waals surface area contributed by atoms with Gasteiger partial charge in [0.2, 0.25) is 0 Å². The highest BCUT2D eigenvalue weighted by Gasteiger charge is 2.45. The first-order valence-electron chi connectivity index (χ1n) is 24.5. The van der Waals surface area contributed by atoms with Gasteiger partial charge < -0.3 is 13.3 Å². The molecule has 0 N–H and O–H groups in total. The first-order chi connectivity index (χ1) is 41.0. The van der Waals surface area contributed by atoms with E-state index in [4.69, 9.17) is 13.3 Å². The largest absolute Gasteiger partial charge is 0.454 e. The number of pyridine rings is 3. The summed E-state index contributed by atoms with van der Waals surface area (Å²) in [6.07, 6.45) is -13.9. The zero-order valence-electron chi connectivity index (χ0n) is 41.9. The van der Waals surface area contributed by atoms with Gasteiger partial charge in [-0.3, -0.25) is 15.0 Å². The average Bonchev–Trinajstić information content (AvgIpc) is 1.85. The first-order valence-corrected chi connectivity index (χ1v) is 24.5. The lowest BCUT2D eigenvalue weighted by atomic mass is 9.93. The summed E-state index contributed by atoms with van der Waals surface area (Å²) in [6.45, 7) is 0. The third-order valence-corrected chi connectivity index (χ3v) is 14.4. The second-order valence-corrected chi connectivity index (χ2v) is 19.4. The minimum Gasteiger partial charge on any atom is -0.454 e. The monoisotopic (exact) mass is 1230 g/mol. The van der Waals surface area contributed by atoms with Crippen LogP contribution in [0, 0.1) is 69.8 Å². The van der Waals surface area contributed by atoms with E-state index in [1.54, 1.807) is 0 Å². The predicted octanol–water partition coefficient (Wildman–Crippen LogP) is 20.3. The smallest absolute Gasteiger partial charge is 0.422 e. The lowest BCUT2D eigenvalue weighted by Crippen LogP contribution is -2.16. The van der Waals surface area contributed by atoms with Crippen LogP contribution in [-0.4, -0.2) is 15.0 Å². The van der Waals surface area contributed by atoms with Gasteiger partial charge in [-0.05, 0) is 106 Å². The molecule has 0 aliphatic heterocycles. The summed E-state index contributed by atoms with van der Waals surface area (Å²) in [4.78, 5) is 13.0. The zero-order valence-corrected chi connectivity index (χ0v) is 41.9. The summed E-state index contributed by atoms with van der Waals surface area (Å²) < 4.78 is 322. The van der Waals surface area contributed by atoms with E-state index < -0.39 is 138 Å². The van der Waals surface area contributed by atoms with Crippen molar-refractivity contribution in [2.24, 2.45) is 0 Å². The molecule has 6 aromatic heterocycles. The summed E-state index contributed by atoms with van der Waals surface area (Å²) in [5.41, 5.74) is -15.0. The minimum absolute atomic E-state index is 0.0988. The number of furan rings is 3. The molecule has 7 aromatic carbocycles. The molecule has 0 unspecified atom stereocenters. The molecule has 87 heavy (non-hydrogen) atoms. The molecule has 0 bridgehead atoms. The number of alkyl halides is 9. The maximum atomic E-state index is 15.4.